The minimum absolute atomic E-state index is 0. The van der Waals surface area contributed by atoms with Crippen molar-refractivity contribution in [2.24, 2.45) is 4.99 Å². The summed E-state index contributed by atoms with van der Waals surface area (Å²) in [7, 11) is 1.85. The van der Waals surface area contributed by atoms with Crippen molar-refractivity contribution >= 4 is 35.6 Å². The van der Waals surface area contributed by atoms with E-state index in [2.05, 4.69) is 39.5 Å². The van der Waals surface area contributed by atoms with E-state index in [1.54, 1.807) is 0 Å². The summed E-state index contributed by atoms with van der Waals surface area (Å²) in [5, 5.41) is 3.46. The molecule has 0 saturated carbocycles. The van der Waals surface area contributed by atoms with Crippen LogP contribution in [0.15, 0.2) is 29.3 Å². The number of nitrogens with zero attached hydrogens (tertiary/aromatic N) is 2. The number of nitrogens with one attached hydrogen (secondary N) is 1. The van der Waals surface area contributed by atoms with Crippen molar-refractivity contribution in [3.63, 3.8) is 0 Å². The monoisotopic (exact) mass is 445 g/mol. The average Bonchev–Trinajstić information content (AvgIpc) is 3.03. The van der Waals surface area contributed by atoms with Crippen LogP contribution in [0.5, 0.6) is 0 Å². The molecule has 2 aliphatic rings. The quantitative estimate of drug-likeness (QED) is 0.328. The third-order valence-electron chi connectivity index (χ3n) is 4.48. The summed E-state index contributed by atoms with van der Waals surface area (Å²) < 4.78 is 11.3. The molecule has 0 aromatic heterocycles. The van der Waals surface area contributed by atoms with Crippen molar-refractivity contribution in [3.05, 3.63) is 29.8 Å². The zero-order valence-electron chi connectivity index (χ0n) is 14.4. The van der Waals surface area contributed by atoms with E-state index in [0.717, 1.165) is 64.6 Å². The summed E-state index contributed by atoms with van der Waals surface area (Å²) >= 11 is 0. The Labute approximate surface area is 161 Å². The largest absolute Gasteiger partial charge is 0.381 e. The summed E-state index contributed by atoms with van der Waals surface area (Å²) in [4.78, 5) is 6.70. The summed E-state index contributed by atoms with van der Waals surface area (Å²) in [6.45, 7) is 4.35. The van der Waals surface area contributed by atoms with Crippen LogP contribution in [-0.2, 0) is 15.9 Å². The van der Waals surface area contributed by atoms with Gasteiger partial charge in [0.1, 0.15) is 0 Å². The number of fused-ring (bicyclic) bond motifs is 1. The Morgan fingerprint density at radius 2 is 2.12 bits per heavy atom. The fourth-order valence-electron chi connectivity index (χ4n) is 3.22. The van der Waals surface area contributed by atoms with E-state index < -0.39 is 0 Å². The van der Waals surface area contributed by atoms with E-state index in [1.165, 1.54) is 11.3 Å². The van der Waals surface area contributed by atoms with E-state index in [-0.39, 0.29) is 24.0 Å². The van der Waals surface area contributed by atoms with Crippen LogP contribution in [0.25, 0.3) is 0 Å². The van der Waals surface area contributed by atoms with Crippen molar-refractivity contribution < 1.29 is 9.47 Å². The van der Waals surface area contributed by atoms with Crippen molar-refractivity contribution in [2.45, 2.75) is 31.8 Å². The van der Waals surface area contributed by atoms with Gasteiger partial charge in [0.05, 0.1) is 6.10 Å². The molecule has 0 aliphatic carbocycles. The van der Waals surface area contributed by atoms with E-state index in [4.69, 9.17) is 9.47 Å². The first-order valence-corrected chi connectivity index (χ1v) is 8.64. The average molecular weight is 445 g/mol. The van der Waals surface area contributed by atoms with Crippen molar-refractivity contribution in [3.8, 4) is 0 Å². The Balaban J connectivity index is 0.00000208. The molecule has 6 heteroatoms. The predicted octanol–water partition coefficient (Wildman–Crippen LogP) is 2.83. The summed E-state index contributed by atoms with van der Waals surface area (Å²) in [5.41, 5.74) is 2.68. The van der Waals surface area contributed by atoms with Gasteiger partial charge in [0.25, 0.3) is 0 Å². The van der Waals surface area contributed by atoms with Gasteiger partial charge in [-0.15, -0.1) is 24.0 Å². The molecule has 1 aromatic carbocycles. The number of aliphatic imine (C=N–C) groups is 1. The molecule has 0 unspecified atom stereocenters. The molecule has 3 rings (SSSR count). The topological polar surface area (TPSA) is 46.1 Å². The molecule has 1 aromatic rings. The highest BCUT2D eigenvalue weighted by molar-refractivity contribution is 14.0. The molecule has 0 radical (unpaired) electrons. The van der Waals surface area contributed by atoms with Gasteiger partial charge < -0.3 is 19.7 Å². The second kappa shape index (κ2) is 10.2. The van der Waals surface area contributed by atoms with Crippen molar-refractivity contribution in [1.82, 2.24) is 5.32 Å². The first kappa shape index (κ1) is 19.5. The van der Waals surface area contributed by atoms with Gasteiger partial charge in [0.15, 0.2) is 5.96 Å². The van der Waals surface area contributed by atoms with Gasteiger partial charge >= 0.3 is 0 Å². The number of para-hydroxylation sites is 1. The van der Waals surface area contributed by atoms with Crippen LogP contribution in [0.3, 0.4) is 0 Å². The molecule has 2 aliphatic heterocycles. The lowest BCUT2D eigenvalue weighted by molar-refractivity contribution is -0.0320. The lowest BCUT2D eigenvalue weighted by Gasteiger charge is -2.24. The minimum Gasteiger partial charge on any atom is -0.381 e. The molecule has 1 N–H and O–H groups in total. The first-order chi connectivity index (χ1) is 11.4. The number of ether oxygens (including phenoxy) is 2. The number of halogens is 1. The van der Waals surface area contributed by atoms with Crippen LogP contribution in [0.2, 0.25) is 0 Å². The lowest BCUT2D eigenvalue weighted by atomic mass is 10.1. The number of guanidine groups is 1. The van der Waals surface area contributed by atoms with Gasteiger partial charge in [-0.05, 0) is 37.3 Å². The van der Waals surface area contributed by atoms with Crippen molar-refractivity contribution in [1.29, 1.82) is 0 Å². The molecular formula is C18H28IN3O2. The molecule has 0 amide bonds. The normalized spacial score (nSPS) is 18.2. The fourth-order valence-corrected chi connectivity index (χ4v) is 3.22. The molecule has 0 atom stereocenters. The minimum atomic E-state index is 0. The highest BCUT2D eigenvalue weighted by Gasteiger charge is 2.22. The third-order valence-corrected chi connectivity index (χ3v) is 4.48. The number of hydrogen-bond donors (Lipinski definition) is 1. The molecule has 1 fully saturated rings. The second-order valence-corrected chi connectivity index (χ2v) is 6.04. The summed E-state index contributed by atoms with van der Waals surface area (Å²) in [6, 6.07) is 8.56. The maximum Gasteiger partial charge on any atom is 0.198 e. The second-order valence-electron chi connectivity index (χ2n) is 6.04. The lowest BCUT2D eigenvalue weighted by Crippen LogP contribution is -2.41. The smallest absolute Gasteiger partial charge is 0.198 e. The van der Waals surface area contributed by atoms with Gasteiger partial charge in [0.2, 0.25) is 0 Å². The van der Waals surface area contributed by atoms with Crippen LogP contribution in [-0.4, -0.2) is 52.0 Å². The highest BCUT2D eigenvalue weighted by atomic mass is 127. The van der Waals surface area contributed by atoms with E-state index in [9.17, 15) is 0 Å². The molecule has 2 heterocycles. The van der Waals surface area contributed by atoms with Crippen LogP contribution in [0, 0.1) is 0 Å². The zero-order chi connectivity index (χ0) is 15.9. The van der Waals surface area contributed by atoms with Gasteiger partial charge in [-0.1, -0.05) is 18.2 Å². The predicted molar refractivity (Wildman–Crippen MR) is 109 cm³/mol. The van der Waals surface area contributed by atoms with E-state index in [1.807, 2.05) is 7.05 Å². The Kier molecular flexibility index (Phi) is 8.28. The Morgan fingerprint density at radius 1 is 1.33 bits per heavy atom. The number of hydrogen-bond acceptors (Lipinski definition) is 3. The molecule has 0 bridgehead atoms. The highest BCUT2D eigenvalue weighted by Crippen LogP contribution is 2.27. The number of benzene rings is 1. The molecule has 24 heavy (non-hydrogen) atoms. The molecular weight excluding hydrogens is 417 g/mol. The van der Waals surface area contributed by atoms with Gasteiger partial charge in [-0.25, -0.2) is 0 Å². The number of rotatable bonds is 5. The van der Waals surface area contributed by atoms with Crippen LogP contribution in [0.4, 0.5) is 5.69 Å². The standard InChI is InChI=1S/C18H27N3O2.HI/c1-19-18(21-11-7-15-5-2-3-6-17(15)21)20-10-4-12-23-16-8-13-22-14-9-16;/h2-3,5-6,16H,4,7-14H2,1H3,(H,19,20);1H. The Morgan fingerprint density at radius 3 is 2.92 bits per heavy atom. The summed E-state index contributed by atoms with van der Waals surface area (Å²) in [6.07, 6.45) is 4.52. The third kappa shape index (κ3) is 5.07. The number of anilines is 1. The zero-order valence-corrected chi connectivity index (χ0v) is 16.7. The van der Waals surface area contributed by atoms with E-state index in [0.29, 0.717) is 6.10 Å². The fraction of sp³-hybridized carbons (Fsp3) is 0.611. The SMILES string of the molecule is CN=C(NCCCOC1CCOCC1)N1CCc2ccccc21.I. The van der Waals surface area contributed by atoms with Crippen LogP contribution >= 0.6 is 24.0 Å². The molecule has 5 nitrogen and oxygen atoms in total. The van der Waals surface area contributed by atoms with Crippen LogP contribution in [0.1, 0.15) is 24.8 Å². The maximum atomic E-state index is 5.91. The van der Waals surface area contributed by atoms with Crippen molar-refractivity contribution in [2.75, 3.05) is 44.9 Å². The Bertz CT molecular complexity index is 533. The van der Waals surface area contributed by atoms with E-state index >= 15 is 0 Å². The molecule has 1 saturated heterocycles. The maximum absolute atomic E-state index is 5.91. The van der Waals surface area contributed by atoms with Gasteiger partial charge in [0, 0.05) is 45.6 Å². The van der Waals surface area contributed by atoms with Gasteiger partial charge in [-0.2, -0.15) is 0 Å². The molecule has 0 spiro atoms. The summed E-state index contributed by atoms with van der Waals surface area (Å²) in [5.74, 6) is 0.959. The van der Waals surface area contributed by atoms with Gasteiger partial charge in [-0.3, -0.25) is 4.99 Å². The Hall–Kier alpha value is -0.860. The van der Waals surface area contributed by atoms with Crippen LogP contribution < -0.4 is 10.2 Å². The first-order valence-electron chi connectivity index (χ1n) is 8.64. The molecule has 134 valence electrons.